The Bertz CT molecular complexity index is 1080. The Morgan fingerprint density at radius 3 is 2.52 bits per heavy atom. The first-order valence-corrected chi connectivity index (χ1v) is 10.8. The molecule has 7 nitrogen and oxygen atoms in total. The fourth-order valence-electron chi connectivity index (χ4n) is 5.63. The second-order valence-corrected chi connectivity index (χ2v) is 9.09. The van der Waals surface area contributed by atoms with E-state index in [9.17, 15) is 19.7 Å². The molecule has 8 heteroatoms. The van der Waals surface area contributed by atoms with Crippen LogP contribution in [0.2, 0.25) is 0 Å². The first-order valence-electron chi connectivity index (χ1n) is 9.63. The summed E-state index contributed by atoms with van der Waals surface area (Å²) >= 11 is 3.46. The molecule has 0 radical (unpaired) electrons. The molecule has 2 amide bonds. The Kier molecular flexibility index (Phi) is 3.93. The summed E-state index contributed by atoms with van der Waals surface area (Å²) in [5.74, 6) is -1.56. The molecule has 0 aliphatic carbocycles. The number of carbonyl (C=O) groups excluding carboxylic acids is 2. The van der Waals surface area contributed by atoms with E-state index in [1.54, 1.807) is 24.3 Å². The highest BCUT2D eigenvalue weighted by Gasteiger charge is 2.73. The van der Waals surface area contributed by atoms with Crippen molar-refractivity contribution in [3.8, 4) is 0 Å². The summed E-state index contributed by atoms with van der Waals surface area (Å²) in [5, 5.41) is 13.0. The fraction of sp³-hybridized carbons (Fsp3) is 0.429. The molecule has 4 unspecified atom stereocenters. The maximum absolute atomic E-state index is 13.5. The van der Waals surface area contributed by atoms with Crippen LogP contribution in [-0.2, 0) is 14.3 Å². The van der Waals surface area contributed by atoms with Crippen molar-refractivity contribution >= 4 is 49.9 Å². The number of hydrogen-bond donors (Lipinski definition) is 0. The molecule has 3 aliphatic rings. The smallest absolute Gasteiger partial charge is 0.277 e. The molecule has 4 atom stereocenters. The minimum absolute atomic E-state index is 0.0465. The maximum atomic E-state index is 13.5. The second kappa shape index (κ2) is 6.09. The molecule has 2 bridgehead atoms. The largest absolute Gasteiger partial charge is 0.367 e. The summed E-state index contributed by atoms with van der Waals surface area (Å²) in [5.41, 5.74) is -0.909. The molecular weight excluding hydrogens is 440 g/mol. The van der Waals surface area contributed by atoms with E-state index < -0.39 is 28.0 Å². The van der Waals surface area contributed by atoms with Gasteiger partial charge in [0, 0.05) is 16.8 Å². The number of non-ortho nitro benzene ring substituents is 1. The number of nitrogens with zero attached hydrogens (tertiary/aromatic N) is 2. The fourth-order valence-corrected chi connectivity index (χ4v) is 6.30. The van der Waals surface area contributed by atoms with Gasteiger partial charge in [0.2, 0.25) is 11.8 Å². The van der Waals surface area contributed by atoms with Gasteiger partial charge >= 0.3 is 0 Å². The summed E-state index contributed by atoms with van der Waals surface area (Å²) < 4.78 is 6.33. The molecule has 0 aromatic heterocycles. The molecule has 5 rings (SSSR count). The SMILES string of the molecule is CC12CCC(CCBr)(O1)C1C(=O)N(c3ccc([N+](=O)[O-])c4ccccc34)C(=O)C12. The van der Waals surface area contributed by atoms with Crippen molar-refractivity contribution < 1.29 is 19.2 Å². The third kappa shape index (κ3) is 2.33. The lowest BCUT2D eigenvalue weighted by Gasteiger charge is -2.30. The van der Waals surface area contributed by atoms with Crippen molar-refractivity contribution in [3.63, 3.8) is 0 Å². The number of fused-ring (bicyclic) bond motifs is 6. The zero-order chi connectivity index (χ0) is 20.6. The summed E-state index contributed by atoms with van der Waals surface area (Å²) in [6.07, 6.45) is 2.16. The number of nitro groups is 1. The Morgan fingerprint density at radius 2 is 1.83 bits per heavy atom. The number of alkyl halides is 1. The number of imide groups is 1. The Morgan fingerprint density at radius 1 is 1.14 bits per heavy atom. The number of benzene rings is 2. The van der Waals surface area contributed by atoms with Crippen molar-refractivity contribution in [2.75, 3.05) is 10.2 Å². The van der Waals surface area contributed by atoms with Crippen molar-refractivity contribution in [2.45, 2.75) is 37.4 Å². The van der Waals surface area contributed by atoms with Gasteiger partial charge in [-0.2, -0.15) is 0 Å². The van der Waals surface area contributed by atoms with Crippen LogP contribution >= 0.6 is 15.9 Å². The lowest BCUT2D eigenvalue weighted by atomic mass is 9.67. The normalized spacial score (nSPS) is 33.0. The Balaban J connectivity index is 1.66. The van der Waals surface area contributed by atoms with Gasteiger partial charge in [0.05, 0.1) is 39.0 Å². The first-order chi connectivity index (χ1) is 13.8. The van der Waals surface area contributed by atoms with Gasteiger partial charge in [-0.15, -0.1) is 0 Å². The number of carbonyl (C=O) groups is 2. The quantitative estimate of drug-likeness (QED) is 0.299. The molecular formula is C21H19BrN2O5. The molecule has 3 heterocycles. The molecule has 3 saturated heterocycles. The number of nitro benzene ring substituents is 1. The van der Waals surface area contributed by atoms with Gasteiger partial charge in [0.25, 0.3) is 5.69 Å². The minimum atomic E-state index is -0.648. The zero-order valence-corrected chi connectivity index (χ0v) is 17.3. The van der Waals surface area contributed by atoms with Crippen LogP contribution in [0.3, 0.4) is 0 Å². The minimum Gasteiger partial charge on any atom is -0.367 e. The summed E-state index contributed by atoms with van der Waals surface area (Å²) in [6, 6.07) is 9.70. The molecule has 3 aliphatic heterocycles. The number of anilines is 1. The topological polar surface area (TPSA) is 89.8 Å². The highest BCUT2D eigenvalue weighted by molar-refractivity contribution is 9.09. The third-order valence-electron chi connectivity index (χ3n) is 6.85. The van der Waals surface area contributed by atoms with Gasteiger partial charge in [-0.05, 0) is 38.3 Å². The Hall–Kier alpha value is -2.32. The van der Waals surface area contributed by atoms with Crippen LogP contribution in [0.4, 0.5) is 11.4 Å². The van der Waals surface area contributed by atoms with Crippen LogP contribution in [0.1, 0.15) is 26.2 Å². The van der Waals surface area contributed by atoms with Crippen LogP contribution in [0.5, 0.6) is 0 Å². The highest BCUT2D eigenvalue weighted by atomic mass is 79.9. The lowest BCUT2D eigenvalue weighted by Crippen LogP contribution is -2.42. The van der Waals surface area contributed by atoms with E-state index in [0.29, 0.717) is 28.2 Å². The summed E-state index contributed by atoms with van der Waals surface area (Å²) in [7, 11) is 0. The van der Waals surface area contributed by atoms with Crippen molar-refractivity contribution in [2.24, 2.45) is 11.8 Å². The van der Waals surface area contributed by atoms with Gasteiger partial charge in [-0.25, -0.2) is 4.90 Å². The predicted molar refractivity (Wildman–Crippen MR) is 110 cm³/mol. The maximum Gasteiger partial charge on any atom is 0.277 e. The van der Waals surface area contributed by atoms with Gasteiger partial charge in [-0.1, -0.05) is 34.1 Å². The van der Waals surface area contributed by atoms with E-state index >= 15 is 0 Å². The summed E-state index contributed by atoms with van der Waals surface area (Å²) in [6.45, 7) is 1.93. The number of halogens is 1. The van der Waals surface area contributed by atoms with Crippen molar-refractivity contribution in [1.29, 1.82) is 0 Å². The molecule has 29 heavy (non-hydrogen) atoms. The second-order valence-electron chi connectivity index (χ2n) is 8.29. The molecule has 2 aromatic rings. The van der Waals surface area contributed by atoms with E-state index in [1.165, 1.54) is 17.0 Å². The average Bonchev–Trinajstić information content (AvgIpc) is 3.26. The molecule has 0 N–H and O–H groups in total. The van der Waals surface area contributed by atoms with E-state index in [2.05, 4.69) is 15.9 Å². The molecule has 150 valence electrons. The Labute approximate surface area is 175 Å². The van der Waals surface area contributed by atoms with Gasteiger partial charge in [-0.3, -0.25) is 19.7 Å². The van der Waals surface area contributed by atoms with Crippen molar-refractivity contribution in [3.05, 3.63) is 46.5 Å². The van der Waals surface area contributed by atoms with Crippen LogP contribution < -0.4 is 4.90 Å². The van der Waals surface area contributed by atoms with Gasteiger partial charge in [0.15, 0.2) is 0 Å². The standard InChI is InChI=1S/C21H19BrN2O5/c1-20-8-9-21(29-20,10-11-22)17-16(20)18(25)23(19(17)26)14-6-7-15(24(27)28)13-5-3-2-4-12(13)14/h2-7,16-17H,8-11H2,1H3. The van der Waals surface area contributed by atoms with Gasteiger partial charge in [0.1, 0.15) is 0 Å². The number of amides is 2. The summed E-state index contributed by atoms with van der Waals surface area (Å²) in [4.78, 5) is 39.2. The van der Waals surface area contributed by atoms with Gasteiger partial charge < -0.3 is 4.74 Å². The van der Waals surface area contributed by atoms with Crippen LogP contribution in [0.25, 0.3) is 10.8 Å². The average molecular weight is 459 g/mol. The zero-order valence-electron chi connectivity index (χ0n) is 15.8. The highest BCUT2D eigenvalue weighted by Crippen LogP contribution is 2.62. The van der Waals surface area contributed by atoms with E-state index in [-0.39, 0.29) is 17.5 Å². The van der Waals surface area contributed by atoms with Crippen LogP contribution in [0, 0.1) is 22.0 Å². The predicted octanol–water partition coefficient (Wildman–Crippen LogP) is 3.96. The number of rotatable bonds is 4. The van der Waals surface area contributed by atoms with E-state index in [0.717, 1.165) is 12.8 Å². The van der Waals surface area contributed by atoms with Crippen LogP contribution in [-0.4, -0.2) is 33.3 Å². The van der Waals surface area contributed by atoms with Crippen molar-refractivity contribution in [1.82, 2.24) is 0 Å². The molecule has 3 fully saturated rings. The number of hydrogen-bond acceptors (Lipinski definition) is 5. The van der Waals surface area contributed by atoms with E-state index in [4.69, 9.17) is 4.74 Å². The van der Waals surface area contributed by atoms with Crippen LogP contribution in [0.15, 0.2) is 36.4 Å². The molecule has 0 saturated carbocycles. The van der Waals surface area contributed by atoms with E-state index in [1.807, 2.05) is 6.92 Å². The number of ether oxygens (including phenoxy) is 1. The first kappa shape index (κ1) is 18.7. The third-order valence-corrected chi connectivity index (χ3v) is 7.24. The molecule has 2 aromatic carbocycles. The monoisotopic (exact) mass is 458 g/mol. The molecule has 0 spiro atoms. The lowest BCUT2D eigenvalue weighted by molar-refractivity contribution is -0.383.